The van der Waals surface area contributed by atoms with Gasteiger partial charge < -0.3 is 19.5 Å². The van der Waals surface area contributed by atoms with E-state index in [1.807, 2.05) is 18.2 Å². The van der Waals surface area contributed by atoms with Crippen LogP contribution in [0.1, 0.15) is 37.4 Å². The van der Waals surface area contributed by atoms with Crippen LogP contribution in [0.3, 0.4) is 0 Å². The molecule has 1 atom stereocenters. The number of carbonyl (C=O) groups is 1. The maximum Gasteiger partial charge on any atom is 0.309 e. The lowest BCUT2D eigenvalue weighted by Crippen LogP contribution is -2.45. The van der Waals surface area contributed by atoms with Crippen LogP contribution < -0.4 is 9.47 Å². The van der Waals surface area contributed by atoms with Crippen molar-refractivity contribution in [3.05, 3.63) is 59.2 Å². The highest BCUT2D eigenvalue weighted by molar-refractivity contribution is 7.99. The minimum atomic E-state index is -1.40. The number of hydrogen-bond acceptors (Lipinski definition) is 6. The summed E-state index contributed by atoms with van der Waals surface area (Å²) in [7, 11) is 3.20. The highest BCUT2D eigenvalue weighted by Crippen LogP contribution is 2.42. The Bertz CT molecular complexity index is 1240. The van der Waals surface area contributed by atoms with Crippen LogP contribution in [-0.4, -0.2) is 60.6 Å². The van der Waals surface area contributed by atoms with E-state index < -0.39 is 17.6 Å². The van der Waals surface area contributed by atoms with Crippen molar-refractivity contribution in [2.45, 2.75) is 36.8 Å². The van der Waals surface area contributed by atoms with Crippen molar-refractivity contribution < 1.29 is 23.8 Å². The van der Waals surface area contributed by atoms with E-state index in [4.69, 9.17) is 21.1 Å². The number of carboxylic acid groups (broad SMARTS) is 1. The monoisotopic (exact) mass is 546 g/mol. The predicted molar refractivity (Wildman–Crippen MR) is 146 cm³/mol. The number of halogens is 2. The van der Waals surface area contributed by atoms with Crippen molar-refractivity contribution in [2.75, 3.05) is 39.6 Å². The number of alkyl halides is 1. The maximum absolute atomic E-state index is 15.6. The van der Waals surface area contributed by atoms with Gasteiger partial charge in [0.2, 0.25) is 0 Å². The first-order chi connectivity index (χ1) is 17.8. The summed E-state index contributed by atoms with van der Waals surface area (Å²) >= 11 is 8.12. The smallest absolute Gasteiger partial charge is 0.309 e. The molecule has 1 saturated heterocycles. The summed E-state index contributed by atoms with van der Waals surface area (Å²) in [4.78, 5) is 20.1. The molecule has 2 heterocycles. The van der Waals surface area contributed by atoms with Gasteiger partial charge in [0.25, 0.3) is 0 Å². The van der Waals surface area contributed by atoms with Gasteiger partial charge in [-0.1, -0.05) is 17.7 Å². The Morgan fingerprint density at radius 3 is 2.62 bits per heavy atom. The maximum atomic E-state index is 15.6. The second-order valence-corrected chi connectivity index (χ2v) is 10.9. The van der Waals surface area contributed by atoms with Crippen molar-refractivity contribution in [3.63, 3.8) is 0 Å². The van der Waals surface area contributed by atoms with Gasteiger partial charge in [-0.2, -0.15) is 0 Å². The van der Waals surface area contributed by atoms with Gasteiger partial charge in [-0.05, 0) is 75.2 Å². The summed E-state index contributed by atoms with van der Waals surface area (Å²) in [6, 6.07) is 13.2. The first-order valence-corrected chi connectivity index (χ1v) is 13.7. The molecule has 1 fully saturated rings. The Kier molecular flexibility index (Phi) is 9.16. The minimum Gasteiger partial charge on any atom is -0.497 e. The molecule has 9 heteroatoms. The normalized spacial score (nSPS) is 16.4. The molecule has 1 N–H and O–H groups in total. The van der Waals surface area contributed by atoms with Crippen LogP contribution in [-0.2, 0) is 4.79 Å². The third-order valence-corrected chi connectivity index (χ3v) is 8.52. The predicted octanol–water partition coefficient (Wildman–Crippen LogP) is 6.66. The number of nitrogens with zero attached hydrogens (tertiary/aromatic N) is 2. The summed E-state index contributed by atoms with van der Waals surface area (Å²) in [5.74, 6) is 1.47. The number of fused-ring (bicyclic) bond motifs is 1. The molecule has 6 nitrogen and oxygen atoms in total. The second-order valence-electron chi connectivity index (χ2n) is 9.36. The molecular formula is C28H32ClFN2O4S. The number of thioether (sulfide) groups is 1. The highest BCUT2D eigenvalue weighted by atomic mass is 35.5. The van der Waals surface area contributed by atoms with Gasteiger partial charge >= 0.3 is 5.97 Å². The third kappa shape index (κ3) is 6.48. The SMILES string of the molecule is COc1cccc(SCCN2CCC(CC[C@H](F)c3c(Cl)cnc4ccc(OC)cc34)(C(=O)O)CC2)c1. The Labute approximate surface area is 226 Å². The molecule has 1 aliphatic rings. The number of aromatic nitrogens is 1. The summed E-state index contributed by atoms with van der Waals surface area (Å²) in [6.45, 7) is 2.22. The number of rotatable bonds is 11. The van der Waals surface area contributed by atoms with Gasteiger partial charge in [0.05, 0.1) is 30.2 Å². The number of likely N-dealkylation sites (tertiary alicyclic amines) is 1. The van der Waals surface area contributed by atoms with Crippen LogP contribution in [0.5, 0.6) is 11.5 Å². The molecule has 2 aromatic carbocycles. The van der Waals surface area contributed by atoms with Crippen LogP contribution in [0.2, 0.25) is 5.02 Å². The summed E-state index contributed by atoms with van der Waals surface area (Å²) in [6.07, 6.45) is 1.37. The van der Waals surface area contributed by atoms with Crippen LogP contribution in [0.25, 0.3) is 10.9 Å². The number of aliphatic carboxylic acids is 1. The van der Waals surface area contributed by atoms with Crippen molar-refractivity contribution in [2.24, 2.45) is 5.41 Å². The third-order valence-electron chi connectivity index (χ3n) is 7.24. The van der Waals surface area contributed by atoms with Gasteiger partial charge in [-0.15, -0.1) is 11.8 Å². The molecule has 0 radical (unpaired) electrons. The van der Waals surface area contributed by atoms with E-state index in [0.29, 0.717) is 48.1 Å². The number of methoxy groups -OCH3 is 2. The van der Waals surface area contributed by atoms with Crippen molar-refractivity contribution in [1.82, 2.24) is 9.88 Å². The molecule has 0 unspecified atom stereocenters. The van der Waals surface area contributed by atoms with Gasteiger partial charge in [0, 0.05) is 34.3 Å². The van der Waals surface area contributed by atoms with Gasteiger partial charge in [0.15, 0.2) is 0 Å². The molecule has 198 valence electrons. The zero-order valence-electron chi connectivity index (χ0n) is 21.1. The van der Waals surface area contributed by atoms with Crippen molar-refractivity contribution in [3.8, 4) is 11.5 Å². The summed E-state index contributed by atoms with van der Waals surface area (Å²) in [5.41, 5.74) is 0.0300. The first-order valence-electron chi connectivity index (χ1n) is 12.3. The van der Waals surface area contributed by atoms with E-state index in [2.05, 4.69) is 16.0 Å². The average Bonchev–Trinajstić information content (AvgIpc) is 2.92. The van der Waals surface area contributed by atoms with Crippen LogP contribution in [0.4, 0.5) is 4.39 Å². The van der Waals surface area contributed by atoms with Gasteiger partial charge in [-0.3, -0.25) is 9.78 Å². The van der Waals surface area contributed by atoms with Gasteiger partial charge in [0.1, 0.15) is 17.7 Å². The van der Waals surface area contributed by atoms with Crippen molar-refractivity contribution >= 4 is 40.2 Å². The van der Waals surface area contributed by atoms with E-state index in [9.17, 15) is 9.90 Å². The molecule has 37 heavy (non-hydrogen) atoms. The Morgan fingerprint density at radius 1 is 1.19 bits per heavy atom. The molecule has 0 aliphatic carbocycles. The van der Waals surface area contributed by atoms with Gasteiger partial charge in [-0.25, -0.2) is 4.39 Å². The standard InChI is InChI=1S/C28H32ClFN2O4S/c1-35-19-4-3-5-21(16-19)37-15-14-32-12-10-28(11-13-32,27(33)34)9-8-24(30)26-22-17-20(36-2)6-7-25(22)31-18-23(26)29/h3-7,16-18,24H,8-15H2,1-2H3,(H,33,34)/t24-/m0/s1. The lowest BCUT2D eigenvalue weighted by Gasteiger charge is -2.39. The minimum absolute atomic E-state index is 0.0774. The lowest BCUT2D eigenvalue weighted by atomic mass is 9.74. The van der Waals surface area contributed by atoms with E-state index in [0.717, 1.165) is 22.9 Å². The van der Waals surface area contributed by atoms with Crippen molar-refractivity contribution in [1.29, 1.82) is 0 Å². The summed E-state index contributed by atoms with van der Waals surface area (Å²) in [5, 5.41) is 10.9. The second kappa shape index (κ2) is 12.3. The molecule has 1 aliphatic heterocycles. The Hall–Kier alpha value is -2.55. The number of benzene rings is 2. The van der Waals surface area contributed by atoms with Crippen LogP contribution >= 0.6 is 23.4 Å². The zero-order valence-corrected chi connectivity index (χ0v) is 22.7. The molecule has 0 spiro atoms. The fourth-order valence-electron chi connectivity index (χ4n) is 4.92. The molecule has 3 aromatic rings. The molecule has 4 rings (SSSR count). The van der Waals surface area contributed by atoms with Crippen LogP contribution in [0, 0.1) is 5.41 Å². The van der Waals surface area contributed by atoms with Crippen LogP contribution in [0.15, 0.2) is 53.6 Å². The zero-order chi connectivity index (χ0) is 26.4. The molecule has 0 bridgehead atoms. The Morgan fingerprint density at radius 2 is 1.92 bits per heavy atom. The topological polar surface area (TPSA) is 71.9 Å². The first kappa shape index (κ1) is 27.5. The molecule has 1 aromatic heterocycles. The quantitative estimate of drug-likeness (QED) is 0.270. The summed E-state index contributed by atoms with van der Waals surface area (Å²) < 4.78 is 26.2. The van der Waals surface area contributed by atoms with E-state index in [-0.39, 0.29) is 17.9 Å². The number of carboxylic acids is 1. The fraction of sp³-hybridized carbons (Fsp3) is 0.429. The number of ether oxygens (including phenoxy) is 2. The molecule has 0 amide bonds. The fourth-order valence-corrected chi connectivity index (χ4v) is 6.15. The van der Waals surface area contributed by atoms with E-state index >= 15 is 4.39 Å². The Balaban J connectivity index is 1.36. The number of piperidine rings is 1. The average molecular weight is 547 g/mol. The lowest BCUT2D eigenvalue weighted by molar-refractivity contribution is -0.153. The number of pyridine rings is 1. The largest absolute Gasteiger partial charge is 0.497 e. The number of hydrogen-bond donors (Lipinski definition) is 1. The molecule has 0 saturated carbocycles. The highest BCUT2D eigenvalue weighted by Gasteiger charge is 2.41. The van der Waals surface area contributed by atoms with E-state index in [1.54, 1.807) is 44.2 Å². The van der Waals surface area contributed by atoms with E-state index in [1.165, 1.54) is 6.20 Å². The molecular weight excluding hydrogens is 515 g/mol.